The quantitative estimate of drug-likeness (QED) is 0.417. The van der Waals surface area contributed by atoms with Gasteiger partial charge in [-0.2, -0.15) is 0 Å². The summed E-state index contributed by atoms with van der Waals surface area (Å²) in [7, 11) is 0. The van der Waals surface area contributed by atoms with Crippen molar-refractivity contribution in [2.75, 3.05) is 0 Å². The Hall–Kier alpha value is -2.66. The molecule has 33 heavy (non-hydrogen) atoms. The zero-order chi connectivity index (χ0) is 22.8. The smallest absolute Gasteiger partial charge is 0.254 e. The number of carbonyl (C=O) groups is 1. The highest BCUT2D eigenvalue weighted by atomic mass is 32.1. The van der Waals surface area contributed by atoms with Crippen LogP contribution in [-0.4, -0.2) is 22.7 Å². The van der Waals surface area contributed by atoms with Gasteiger partial charge >= 0.3 is 0 Å². The number of aromatic nitrogens is 1. The summed E-state index contributed by atoms with van der Waals surface area (Å²) < 4.78 is 2.26. The number of hydrogen-bond acceptors (Lipinski definition) is 3. The fourth-order valence-electron chi connectivity index (χ4n) is 5.40. The second-order valence-corrected chi connectivity index (χ2v) is 10.5. The van der Waals surface area contributed by atoms with Crippen LogP contribution >= 0.6 is 11.3 Å². The van der Waals surface area contributed by atoms with Crippen LogP contribution in [0.25, 0.3) is 5.69 Å². The SMILES string of the molecule is Cc1cc(/C=N\c2sc3c(c2C(=O)NC2CCCCC2)CCCC3)c(C)n1-c1ccccc1. The van der Waals surface area contributed by atoms with Gasteiger partial charge in [0.05, 0.1) is 5.56 Å². The number of fused-ring (bicyclic) bond motifs is 1. The Labute approximate surface area is 200 Å². The minimum atomic E-state index is 0.0863. The predicted octanol–water partition coefficient (Wildman–Crippen LogP) is 6.85. The molecule has 1 N–H and O–H groups in total. The van der Waals surface area contributed by atoms with E-state index in [-0.39, 0.29) is 5.91 Å². The van der Waals surface area contributed by atoms with Crippen LogP contribution in [0.5, 0.6) is 0 Å². The highest BCUT2D eigenvalue weighted by molar-refractivity contribution is 7.16. The molecule has 3 aromatic rings. The number of thiophene rings is 1. The Balaban J connectivity index is 1.46. The van der Waals surface area contributed by atoms with Crippen LogP contribution in [0.3, 0.4) is 0 Å². The molecule has 1 amide bonds. The van der Waals surface area contributed by atoms with Crippen molar-refractivity contribution < 1.29 is 4.79 Å². The molecular weight excluding hydrogens is 426 g/mol. The minimum absolute atomic E-state index is 0.0863. The molecule has 4 nitrogen and oxygen atoms in total. The largest absolute Gasteiger partial charge is 0.349 e. The summed E-state index contributed by atoms with van der Waals surface area (Å²) in [4.78, 5) is 19.7. The van der Waals surface area contributed by atoms with Crippen LogP contribution < -0.4 is 5.32 Å². The third-order valence-corrected chi connectivity index (χ3v) is 8.33. The van der Waals surface area contributed by atoms with E-state index in [0.717, 1.165) is 59.6 Å². The van der Waals surface area contributed by atoms with Gasteiger partial charge in [0.2, 0.25) is 0 Å². The number of para-hydroxylation sites is 1. The van der Waals surface area contributed by atoms with Crippen LogP contribution in [0, 0.1) is 13.8 Å². The van der Waals surface area contributed by atoms with Crippen molar-refractivity contribution in [3.63, 3.8) is 0 Å². The number of benzene rings is 1. The third kappa shape index (κ3) is 4.56. The lowest BCUT2D eigenvalue weighted by Crippen LogP contribution is -2.36. The molecule has 0 unspecified atom stereocenters. The van der Waals surface area contributed by atoms with Crippen LogP contribution in [0.1, 0.15) is 82.7 Å². The zero-order valence-electron chi connectivity index (χ0n) is 19.7. The fourth-order valence-corrected chi connectivity index (χ4v) is 6.63. The Morgan fingerprint density at radius 2 is 1.82 bits per heavy atom. The van der Waals surface area contributed by atoms with Gasteiger partial charge in [-0.3, -0.25) is 4.79 Å². The summed E-state index contributed by atoms with van der Waals surface area (Å²) in [5.74, 6) is 0.0863. The van der Waals surface area contributed by atoms with Gasteiger partial charge in [-0.05, 0) is 76.1 Å². The highest BCUT2D eigenvalue weighted by Crippen LogP contribution is 2.40. The molecule has 2 heterocycles. The first-order valence-corrected chi connectivity index (χ1v) is 13.2. The molecule has 0 spiro atoms. The zero-order valence-corrected chi connectivity index (χ0v) is 20.5. The van der Waals surface area contributed by atoms with Crippen molar-refractivity contribution in [3.05, 3.63) is 69.4 Å². The molecule has 0 atom stereocenters. The first-order valence-electron chi connectivity index (χ1n) is 12.4. The van der Waals surface area contributed by atoms with E-state index in [9.17, 15) is 4.79 Å². The van der Waals surface area contributed by atoms with Crippen LogP contribution in [0.2, 0.25) is 0 Å². The van der Waals surface area contributed by atoms with E-state index >= 15 is 0 Å². The van der Waals surface area contributed by atoms with Crippen molar-refractivity contribution in [1.82, 2.24) is 9.88 Å². The first-order chi connectivity index (χ1) is 16.1. The monoisotopic (exact) mass is 459 g/mol. The van der Waals surface area contributed by atoms with E-state index in [1.165, 1.54) is 41.8 Å². The van der Waals surface area contributed by atoms with E-state index < -0.39 is 0 Å². The summed E-state index contributed by atoms with van der Waals surface area (Å²) >= 11 is 1.72. The summed E-state index contributed by atoms with van der Waals surface area (Å²) in [5, 5.41) is 4.22. The molecule has 0 aliphatic heterocycles. The summed E-state index contributed by atoms with van der Waals surface area (Å²) in [6.07, 6.45) is 12.3. The van der Waals surface area contributed by atoms with Gasteiger partial charge in [-0.15, -0.1) is 11.3 Å². The normalized spacial score (nSPS) is 16.8. The molecule has 1 aromatic carbocycles. The molecular formula is C28H33N3OS. The van der Waals surface area contributed by atoms with Gasteiger partial charge in [-0.25, -0.2) is 4.99 Å². The lowest BCUT2D eigenvalue weighted by atomic mass is 9.93. The third-order valence-electron chi connectivity index (χ3n) is 7.13. The summed E-state index contributed by atoms with van der Waals surface area (Å²) in [6.45, 7) is 4.27. The maximum Gasteiger partial charge on any atom is 0.254 e. The predicted molar refractivity (Wildman–Crippen MR) is 138 cm³/mol. The van der Waals surface area contributed by atoms with Gasteiger partial charge in [0.25, 0.3) is 5.91 Å². The van der Waals surface area contributed by atoms with E-state index in [4.69, 9.17) is 4.99 Å². The number of carbonyl (C=O) groups excluding carboxylic acids is 1. The van der Waals surface area contributed by atoms with Gasteiger partial charge in [0.1, 0.15) is 5.00 Å². The van der Waals surface area contributed by atoms with Crippen LogP contribution in [0.4, 0.5) is 5.00 Å². The molecule has 0 bridgehead atoms. The maximum absolute atomic E-state index is 13.4. The molecule has 1 fully saturated rings. The fraction of sp³-hybridized carbons (Fsp3) is 0.429. The Morgan fingerprint density at radius 1 is 1.06 bits per heavy atom. The Bertz CT molecular complexity index is 1170. The number of nitrogens with one attached hydrogen (secondary N) is 1. The lowest BCUT2D eigenvalue weighted by Gasteiger charge is -2.23. The molecule has 172 valence electrons. The maximum atomic E-state index is 13.4. The number of aliphatic imine (C=N–C) groups is 1. The number of amides is 1. The topological polar surface area (TPSA) is 46.4 Å². The van der Waals surface area contributed by atoms with E-state index in [1.807, 2.05) is 12.3 Å². The van der Waals surface area contributed by atoms with Crippen LogP contribution in [-0.2, 0) is 12.8 Å². The lowest BCUT2D eigenvalue weighted by molar-refractivity contribution is 0.0927. The molecule has 1 saturated carbocycles. The molecule has 0 radical (unpaired) electrons. The van der Waals surface area contributed by atoms with Crippen molar-refractivity contribution in [3.8, 4) is 5.69 Å². The molecule has 2 aromatic heterocycles. The van der Waals surface area contributed by atoms with E-state index in [1.54, 1.807) is 11.3 Å². The van der Waals surface area contributed by atoms with E-state index in [0.29, 0.717) is 6.04 Å². The molecule has 2 aliphatic carbocycles. The molecule has 5 rings (SSSR count). The average Bonchev–Trinajstić information content (AvgIpc) is 3.35. The number of hydrogen-bond donors (Lipinski definition) is 1. The van der Waals surface area contributed by atoms with Crippen LogP contribution in [0.15, 0.2) is 41.4 Å². The number of aryl methyl sites for hydroxylation is 2. The van der Waals surface area contributed by atoms with E-state index in [2.05, 4.69) is 54.1 Å². The van der Waals surface area contributed by atoms with Crippen molar-refractivity contribution in [2.24, 2.45) is 4.99 Å². The Morgan fingerprint density at radius 3 is 2.61 bits per heavy atom. The average molecular weight is 460 g/mol. The standard InChI is InChI=1S/C28H33N3OS/c1-19-17-21(20(2)31(19)23-13-7-4-8-14-23)18-29-28-26(24-15-9-10-16-25(24)33-28)27(32)30-22-11-5-3-6-12-22/h4,7-8,13-14,17-18,22H,3,5-6,9-12,15-16H2,1-2H3,(H,30,32)/b29-18-. The molecule has 2 aliphatic rings. The van der Waals surface area contributed by atoms with Gasteiger partial charge in [0, 0.05) is 39.8 Å². The first kappa shape index (κ1) is 22.1. The van der Waals surface area contributed by atoms with Gasteiger partial charge in [0.15, 0.2) is 0 Å². The Kier molecular flexibility index (Phi) is 6.50. The summed E-state index contributed by atoms with van der Waals surface area (Å²) in [6, 6.07) is 12.9. The summed E-state index contributed by atoms with van der Waals surface area (Å²) in [5.41, 5.74) is 6.69. The minimum Gasteiger partial charge on any atom is -0.349 e. The highest BCUT2D eigenvalue weighted by Gasteiger charge is 2.27. The van der Waals surface area contributed by atoms with Crippen molar-refractivity contribution in [1.29, 1.82) is 0 Å². The van der Waals surface area contributed by atoms with Gasteiger partial charge in [-0.1, -0.05) is 37.5 Å². The molecule has 5 heteroatoms. The van der Waals surface area contributed by atoms with Crippen molar-refractivity contribution in [2.45, 2.75) is 77.7 Å². The number of nitrogens with zero attached hydrogens (tertiary/aromatic N) is 2. The van der Waals surface area contributed by atoms with Gasteiger partial charge < -0.3 is 9.88 Å². The molecule has 0 saturated heterocycles. The van der Waals surface area contributed by atoms with Crippen molar-refractivity contribution >= 4 is 28.5 Å². The number of rotatable bonds is 5. The second-order valence-electron chi connectivity index (χ2n) is 9.46. The second kappa shape index (κ2) is 9.68.